The van der Waals surface area contributed by atoms with Crippen molar-refractivity contribution in [3.8, 4) is 0 Å². The van der Waals surface area contributed by atoms with E-state index in [1.165, 1.54) is 14.2 Å². The van der Waals surface area contributed by atoms with Crippen LogP contribution >= 0.6 is 0 Å². The zero-order valence-electron chi connectivity index (χ0n) is 9.57. The Morgan fingerprint density at radius 2 is 1.75 bits per heavy atom. The number of ether oxygens (including phenoxy) is 2. The maximum atomic E-state index is 11.6. The minimum absolute atomic E-state index is 0.184. The zero-order valence-corrected chi connectivity index (χ0v) is 11.3. The van der Waals surface area contributed by atoms with E-state index in [2.05, 4.69) is 9.47 Å². The number of rotatable bonds is 3. The van der Waals surface area contributed by atoms with E-state index in [4.69, 9.17) is 0 Å². The summed E-state index contributed by atoms with van der Waals surface area (Å²) < 4.78 is 9.73. The molecule has 0 unspecified atom stereocenters. The number of carbonyl (C=O) groups is 2. The van der Waals surface area contributed by atoms with Gasteiger partial charge in [-0.15, -0.1) is 0 Å². The van der Waals surface area contributed by atoms with Crippen molar-refractivity contribution in [2.75, 3.05) is 33.2 Å². The van der Waals surface area contributed by atoms with Crippen molar-refractivity contribution >= 4 is 32.1 Å². The van der Waals surface area contributed by atoms with Crippen molar-refractivity contribution in [1.29, 1.82) is 0 Å². The normalized spacial score (nSPS) is 9.75. The summed E-state index contributed by atoms with van der Waals surface area (Å²) in [4.78, 5) is 26.8. The molecule has 1 aromatic heterocycles. The first-order valence-corrected chi connectivity index (χ1v) is 6.33. The Kier molecular flexibility index (Phi) is 4.15. The van der Waals surface area contributed by atoms with Crippen LogP contribution in [-0.4, -0.2) is 54.8 Å². The number of methoxy groups -OCH3 is 2. The molecule has 0 N–H and O–H groups in total. The van der Waals surface area contributed by atoms with Gasteiger partial charge in [0.1, 0.15) is 0 Å². The number of carbonyl (C=O) groups excluding carboxylic acids is 2. The number of hydrogen-bond donors (Lipinski definition) is 0. The molecule has 0 aliphatic rings. The van der Waals surface area contributed by atoms with Crippen molar-refractivity contribution in [3.63, 3.8) is 0 Å². The monoisotopic (exact) mass is 291 g/mol. The van der Waals surface area contributed by atoms with E-state index >= 15 is 0 Å². The van der Waals surface area contributed by atoms with Crippen LogP contribution in [-0.2, 0) is 9.47 Å². The average molecular weight is 290 g/mol. The molecule has 0 saturated heterocycles. The van der Waals surface area contributed by atoms with Gasteiger partial charge in [-0.3, -0.25) is 0 Å². The van der Waals surface area contributed by atoms with E-state index in [-0.39, 0.29) is 14.5 Å². The van der Waals surface area contributed by atoms with E-state index in [0.717, 1.165) is 0 Å². The fourth-order valence-electron chi connectivity index (χ4n) is 1.22. The van der Waals surface area contributed by atoms with Crippen LogP contribution in [0.5, 0.6) is 0 Å². The molecule has 1 aromatic rings. The van der Waals surface area contributed by atoms with Gasteiger partial charge in [-0.25, -0.2) is 0 Å². The molecule has 0 aliphatic heterocycles. The molecular formula is C10H13NO4Se. The molecule has 0 bridgehead atoms. The van der Waals surface area contributed by atoms with Crippen LogP contribution in [0.4, 0.5) is 5.69 Å². The Balaban J connectivity index is 3.30. The van der Waals surface area contributed by atoms with Crippen molar-refractivity contribution < 1.29 is 19.1 Å². The predicted octanol–water partition coefficient (Wildman–Crippen LogP) is 0.383. The molecule has 0 saturated carbocycles. The quantitative estimate of drug-likeness (QED) is 0.595. The molecule has 0 atom stereocenters. The van der Waals surface area contributed by atoms with E-state index in [1.807, 2.05) is 19.0 Å². The Bertz CT molecular complexity index is 411. The Morgan fingerprint density at radius 3 is 2.19 bits per heavy atom. The first-order valence-electron chi connectivity index (χ1n) is 4.48. The minimum atomic E-state index is -0.500. The van der Waals surface area contributed by atoms with Gasteiger partial charge >= 0.3 is 99.3 Å². The maximum absolute atomic E-state index is 11.6. The van der Waals surface area contributed by atoms with Gasteiger partial charge in [0.2, 0.25) is 0 Å². The Hall–Kier alpha value is -1.26. The summed E-state index contributed by atoms with van der Waals surface area (Å²) in [6.45, 7) is 0. The van der Waals surface area contributed by atoms with E-state index in [1.54, 1.807) is 4.90 Å². The topological polar surface area (TPSA) is 55.8 Å². The van der Waals surface area contributed by atoms with Gasteiger partial charge in [-0.1, -0.05) is 0 Å². The predicted molar refractivity (Wildman–Crippen MR) is 60.4 cm³/mol. The third kappa shape index (κ3) is 2.28. The van der Waals surface area contributed by atoms with E-state index in [9.17, 15) is 9.59 Å². The van der Waals surface area contributed by atoms with Gasteiger partial charge in [0.05, 0.1) is 0 Å². The van der Waals surface area contributed by atoms with Gasteiger partial charge in [-0.2, -0.15) is 0 Å². The fraction of sp³-hybridized carbons (Fsp3) is 0.400. The third-order valence-electron chi connectivity index (χ3n) is 2.01. The molecule has 0 aliphatic carbocycles. The van der Waals surface area contributed by atoms with Crippen LogP contribution in [0.25, 0.3) is 0 Å². The Labute approximate surface area is 99.7 Å². The SMILES string of the molecule is COC(=O)c1[se]cc(N(C)C)c1C(=O)OC. The molecule has 16 heavy (non-hydrogen) atoms. The Morgan fingerprint density at radius 1 is 1.19 bits per heavy atom. The second-order valence-corrected chi connectivity index (χ2v) is 5.05. The molecule has 88 valence electrons. The summed E-state index contributed by atoms with van der Waals surface area (Å²) in [5.41, 5.74) is 1.03. The van der Waals surface area contributed by atoms with Crippen LogP contribution in [0.2, 0.25) is 0 Å². The van der Waals surface area contributed by atoms with Crippen LogP contribution < -0.4 is 4.90 Å². The van der Waals surface area contributed by atoms with Gasteiger partial charge in [0.25, 0.3) is 0 Å². The molecule has 0 spiro atoms. The summed E-state index contributed by atoms with van der Waals surface area (Å²) in [7, 11) is 6.22. The molecule has 1 heterocycles. The molecule has 0 aromatic carbocycles. The zero-order chi connectivity index (χ0) is 12.3. The third-order valence-corrected chi connectivity index (χ3v) is 4.00. The van der Waals surface area contributed by atoms with Crippen molar-refractivity contribution in [2.45, 2.75) is 0 Å². The average Bonchev–Trinajstić information content (AvgIpc) is 2.71. The van der Waals surface area contributed by atoms with Gasteiger partial charge < -0.3 is 0 Å². The molecular weight excluding hydrogens is 277 g/mol. The second kappa shape index (κ2) is 5.18. The summed E-state index contributed by atoms with van der Waals surface area (Å²) in [6.07, 6.45) is 0. The molecule has 0 amide bonds. The van der Waals surface area contributed by atoms with Crippen molar-refractivity contribution in [3.05, 3.63) is 14.9 Å². The van der Waals surface area contributed by atoms with Gasteiger partial charge in [0, 0.05) is 0 Å². The fourth-order valence-corrected chi connectivity index (χ4v) is 3.41. The van der Waals surface area contributed by atoms with Gasteiger partial charge in [0.15, 0.2) is 0 Å². The van der Waals surface area contributed by atoms with Crippen molar-refractivity contribution in [1.82, 2.24) is 0 Å². The van der Waals surface area contributed by atoms with Crippen LogP contribution in [0, 0.1) is 0 Å². The van der Waals surface area contributed by atoms with Crippen LogP contribution in [0.15, 0.2) is 4.94 Å². The first-order chi connectivity index (χ1) is 7.52. The van der Waals surface area contributed by atoms with E-state index in [0.29, 0.717) is 15.7 Å². The summed E-state index contributed by atoms with van der Waals surface area (Å²) in [6, 6.07) is 0. The molecule has 1 rings (SSSR count). The number of esters is 2. The number of hydrogen-bond acceptors (Lipinski definition) is 5. The van der Waals surface area contributed by atoms with Crippen molar-refractivity contribution in [2.24, 2.45) is 0 Å². The van der Waals surface area contributed by atoms with Crippen LogP contribution in [0.3, 0.4) is 0 Å². The van der Waals surface area contributed by atoms with Gasteiger partial charge in [-0.05, 0) is 0 Å². The molecule has 6 heteroatoms. The molecule has 0 radical (unpaired) electrons. The van der Waals surface area contributed by atoms with Crippen LogP contribution in [0.1, 0.15) is 19.6 Å². The molecule has 5 nitrogen and oxygen atoms in total. The van der Waals surface area contributed by atoms with E-state index < -0.39 is 11.9 Å². The molecule has 0 fully saturated rings. The standard InChI is InChI=1S/C10H13NO4Se/c1-11(2)6-5-16-8(10(13)15-4)7(6)9(12)14-3/h5H,1-4H3. The number of anilines is 1. The first kappa shape index (κ1) is 12.8. The summed E-state index contributed by atoms with van der Waals surface area (Å²) in [5.74, 6) is -0.965. The summed E-state index contributed by atoms with van der Waals surface area (Å²) >= 11 is -0.184. The second-order valence-electron chi connectivity index (χ2n) is 3.20. The number of nitrogens with zero attached hydrogens (tertiary/aromatic N) is 1. The summed E-state index contributed by atoms with van der Waals surface area (Å²) in [5, 5.41) is 0.